The molecule has 38 heavy (non-hydrogen) atoms. The number of unbranched alkanes of at least 4 members (excludes halogenated alkanes) is 3. The molecule has 4 aromatic rings. The van der Waals surface area contributed by atoms with Crippen molar-refractivity contribution < 1.29 is 19.3 Å². The molecule has 6 heteroatoms. The van der Waals surface area contributed by atoms with E-state index in [1.165, 1.54) is 0 Å². The maximum atomic E-state index is 11.8. The standard InChI is InChI=1S/C32H36N4O2/c37-31(27-15-5-3-6-16-27)25-33-21-13-9-19-29(33)35(31)23-11-1-2-12-24-36-30-20-10-14-22-34(30)26-32(36,38)28-17-7-4-8-18-28/h3-10,13-22,37-38H,1-2,11-12,23-26H2/q+2. The van der Waals surface area contributed by atoms with Gasteiger partial charge in [-0.25, -0.2) is 18.9 Å². The van der Waals surface area contributed by atoms with Gasteiger partial charge in [-0.3, -0.25) is 0 Å². The molecule has 0 aliphatic carbocycles. The van der Waals surface area contributed by atoms with Gasteiger partial charge in [0.2, 0.25) is 0 Å². The lowest BCUT2D eigenvalue weighted by molar-refractivity contribution is -0.683. The van der Waals surface area contributed by atoms with Crippen molar-refractivity contribution in [2.45, 2.75) is 50.2 Å². The summed E-state index contributed by atoms with van der Waals surface area (Å²) < 4.78 is 4.28. The Morgan fingerprint density at radius 2 is 0.921 bits per heavy atom. The number of rotatable bonds is 9. The van der Waals surface area contributed by atoms with Crippen LogP contribution in [0.5, 0.6) is 0 Å². The Kier molecular flexibility index (Phi) is 6.60. The van der Waals surface area contributed by atoms with E-state index in [1.54, 1.807) is 0 Å². The van der Waals surface area contributed by atoms with E-state index in [9.17, 15) is 10.2 Å². The normalized spacial score (nSPS) is 21.9. The fourth-order valence-electron chi connectivity index (χ4n) is 6.11. The second kappa shape index (κ2) is 10.2. The van der Waals surface area contributed by atoms with Crippen LogP contribution in [0.15, 0.2) is 109 Å². The average Bonchev–Trinajstić information content (AvgIpc) is 3.43. The van der Waals surface area contributed by atoms with Crippen LogP contribution < -0.4 is 18.9 Å². The largest absolute Gasteiger partial charge is 0.346 e. The van der Waals surface area contributed by atoms with E-state index < -0.39 is 11.4 Å². The van der Waals surface area contributed by atoms with Gasteiger partial charge in [0.1, 0.15) is 0 Å². The summed E-state index contributed by atoms with van der Waals surface area (Å²) in [4.78, 5) is 4.31. The summed E-state index contributed by atoms with van der Waals surface area (Å²) in [6.07, 6.45) is 8.17. The molecule has 6 rings (SSSR count). The molecule has 6 nitrogen and oxygen atoms in total. The van der Waals surface area contributed by atoms with Crippen LogP contribution in [0.4, 0.5) is 11.6 Å². The molecule has 2 aromatic carbocycles. The molecule has 2 atom stereocenters. The van der Waals surface area contributed by atoms with E-state index in [1.807, 2.05) is 97.3 Å². The number of hydrogen-bond acceptors (Lipinski definition) is 4. The number of aliphatic hydroxyl groups is 2. The lowest BCUT2D eigenvalue weighted by atomic mass is 10.0. The number of hydrogen-bond donors (Lipinski definition) is 2. The van der Waals surface area contributed by atoms with Crippen LogP contribution in [-0.2, 0) is 24.5 Å². The molecule has 194 valence electrons. The van der Waals surface area contributed by atoms with Gasteiger partial charge in [0.05, 0.1) is 25.5 Å². The number of fused-ring (bicyclic) bond motifs is 2. The quantitative estimate of drug-likeness (QED) is 0.266. The number of pyridine rings is 2. The molecule has 2 aliphatic rings. The zero-order chi connectivity index (χ0) is 26.0. The summed E-state index contributed by atoms with van der Waals surface area (Å²) in [6.45, 7) is 2.62. The minimum absolute atomic E-state index is 0.525. The van der Waals surface area contributed by atoms with Gasteiger partial charge >= 0.3 is 0 Å². The number of aromatic nitrogens is 2. The molecule has 0 saturated heterocycles. The highest BCUT2D eigenvalue weighted by Gasteiger charge is 2.52. The van der Waals surface area contributed by atoms with E-state index in [4.69, 9.17) is 0 Å². The molecule has 0 fully saturated rings. The van der Waals surface area contributed by atoms with Gasteiger partial charge in [0.15, 0.2) is 13.1 Å². The average molecular weight is 509 g/mol. The van der Waals surface area contributed by atoms with Gasteiger partial charge in [-0.2, -0.15) is 0 Å². The van der Waals surface area contributed by atoms with Crippen molar-refractivity contribution in [3.8, 4) is 0 Å². The first-order chi connectivity index (χ1) is 18.6. The summed E-state index contributed by atoms with van der Waals surface area (Å²) in [5.74, 6) is 2.11. The van der Waals surface area contributed by atoms with Crippen molar-refractivity contribution in [2.75, 3.05) is 22.9 Å². The second-order valence-electron chi connectivity index (χ2n) is 10.5. The third-order valence-corrected chi connectivity index (χ3v) is 8.05. The van der Waals surface area contributed by atoms with E-state index in [-0.39, 0.29) is 0 Å². The first-order valence-corrected chi connectivity index (χ1v) is 13.7. The molecule has 0 amide bonds. The molecule has 0 spiro atoms. The highest BCUT2D eigenvalue weighted by molar-refractivity contribution is 5.44. The van der Waals surface area contributed by atoms with E-state index in [0.29, 0.717) is 13.1 Å². The molecule has 2 aromatic heterocycles. The Balaban J connectivity index is 1.10. The molecule has 2 N–H and O–H groups in total. The first-order valence-electron chi connectivity index (χ1n) is 13.7. The molecular weight excluding hydrogens is 472 g/mol. The molecule has 0 saturated carbocycles. The fraction of sp³-hybridized carbons (Fsp3) is 0.312. The third-order valence-electron chi connectivity index (χ3n) is 8.05. The molecule has 4 heterocycles. The first kappa shape index (κ1) is 24.6. The van der Waals surface area contributed by atoms with Crippen molar-refractivity contribution in [1.82, 2.24) is 0 Å². The monoisotopic (exact) mass is 508 g/mol. The van der Waals surface area contributed by atoms with Crippen LogP contribution in [0, 0.1) is 0 Å². The maximum Gasteiger partial charge on any atom is 0.279 e. The van der Waals surface area contributed by atoms with Crippen LogP contribution >= 0.6 is 0 Å². The summed E-state index contributed by atoms with van der Waals surface area (Å²) in [7, 11) is 0. The smallest absolute Gasteiger partial charge is 0.279 e. The van der Waals surface area contributed by atoms with Gasteiger partial charge in [0, 0.05) is 23.3 Å². The van der Waals surface area contributed by atoms with E-state index in [0.717, 1.165) is 61.5 Å². The van der Waals surface area contributed by atoms with Gasteiger partial charge < -0.3 is 10.2 Å². The summed E-state index contributed by atoms with van der Waals surface area (Å²) in [5.41, 5.74) is -0.237. The van der Waals surface area contributed by atoms with Crippen molar-refractivity contribution in [1.29, 1.82) is 0 Å². The Morgan fingerprint density at radius 3 is 1.34 bits per heavy atom. The zero-order valence-electron chi connectivity index (χ0n) is 21.7. The van der Waals surface area contributed by atoms with Crippen LogP contribution in [-0.4, -0.2) is 23.3 Å². The van der Waals surface area contributed by atoms with E-state index >= 15 is 0 Å². The Labute approximate surface area is 224 Å². The Hall–Kier alpha value is -3.74. The predicted octanol–water partition coefficient (Wildman–Crippen LogP) is 3.85. The summed E-state index contributed by atoms with van der Waals surface area (Å²) in [5, 5.41) is 23.6. The van der Waals surface area contributed by atoms with Crippen molar-refractivity contribution in [2.24, 2.45) is 0 Å². The van der Waals surface area contributed by atoms with Crippen LogP contribution in [0.25, 0.3) is 0 Å². The summed E-state index contributed by atoms with van der Waals surface area (Å²) in [6, 6.07) is 32.3. The maximum absolute atomic E-state index is 11.8. The minimum atomic E-state index is -1.04. The van der Waals surface area contributed by atoms with Gasteiger partial charge in [0.25, 0.3) is 23.1 Å². The third kappa shape index (κ3) is 4.34. The predicted molar refractivity (Wildman–Crippen MR) is 147 cm³/mol. The fourth-order valence-corrected chi connectivity index (χ4v) is 6.11. The van der Waals surface area contributed by atoms with Gasteiger partial charge in [-0.05, 0) is 37.8 Å². The zero-order valence-corrected chi connectivity index (χ0v) is 21.7. The van der Waals surface area contributed by atoms with Gasteiger partial charge in [-0.1, -0.05) is 72.8 Å². The Morgan fingerprint density at radius 1 is 0.526 bits per heavy atom. The highest BCUT2D eigenvalue weighted by atomic mass is 16.3. The van der Waals surface area contributed by atoms with Crippen LogP contribution in [0.1, 0.15) is 36.8 Å². The SMILES string of the molecule is OC1(c2ccccc2)C[n+]2ccccc2N1CCCCCCN1c2cccc[n+]2CC1(O)c1ccccc1. The number of anilines is 2. The number of benzene rings is 2. The topological polar surface area (TPSA) is 54.7 Å². The Bertz CT molecular complexity index is 1280. The second-order valence-corrected chi connectivity index (χ2v) is 10.5. The van der Waals surface area contributed by atoms with Crippen LogP contribution in [0.3, 0.4) is 0 Å². The van der Waals surface area contributed by atoms with E-state index in [2.05, 4.69) is 31.1 Å². The molecule has 2 unspecified atom stereocenters. The van der Waals surface area contributed by atoms with Gasteiger partial charge in [-0.15, -0.1) is 0 Å². The van der Waals surface area contributed by atoms with Crippen molar-refractivity contribution in [3.05, 3.63) is 121 Å². The molecular formula is C32H36N4O2+2. The molecule has 0 radical (unpaired) electrons. The molecule has 0 bridgehead atoms. The van der Waals surface area contributed by atoms with Crippen molar-refractivity contribution in [3.63, 3.8) is 0 Å². The lowest BCUT2D eigenvalue weighted by Gasteiger charge is -2.28. The minimum Gasteiger partial charge on any atom is -0.346 e. The van der Waals surface area contributed by atoms with Crippen LogP contribution in [0.2, 0.25) is 0 Å². The summed E-state index contributed by atoms with van der Waals surface area (Å²) >= 11 is 0. The highest BCUT2D eigenvalue weighted by Crippen LogP contribution is 2.36. The lowest BCUT2D eigenvalue weighted by Crippen LogP contribution is -2.46. The van der Waals surface area contributed by atoms with Crippen molar-refractivity contribution >= 4 is 11.6 Å². The molecule has 2 aliphatic heterocycles. The number of nitrogens with zero attached hydrogens (tertiary/aromatic N) is 4.